The van der Waals surface area contributed by atoms with E-state index in [9.17, 15) is 10.2 Å². The fraction of sp³-hybridized carbons (Fsp3) is 0.667. The number of fused-ring (bicyclic) bond motifs is 1. The maximum atomic E-state index is 15.1. The average Bonchev–Trinajstić information content (AvgIpc) is 3.30. The highest BCUT2D eigenvalue weighted by atomic mass is 79.9. The van der Waals surface area contributed by atoms with Crippen LogP contribution in [-0.2, 0) is 4.74 Å². The van der Waals surface area contributed by atoms with Gasteiger partial charge in [0, 0.05) is 13.1 Å². The Balaban J connectivity index is 1.81. The van der Waals surface area contributed by atoms with Gasteiger partial charge in [0.1, 0.15) is 12.2 Å². The van der Waals surface area contributed by atoms with Gasteiger partial charge in [0.25, 0.3) is 0 Å². The molecule has 1 saturated heterocycles. The van der Waals surface area contributed by atoms with Crippen molar-refractivity contribution in [3.8, 4) is 0 Å². The molecular formula is C15H19BrFN5O3. The van der Waals surface area contributed by atoms with Crippen molar-refractivity contribution in [3.63, 3.8) is 0 Å². The van der Waals surface area contributed by atoms with Gasteiger partial charge in [-0.15, -0.1) is 0 Å². The summed E-state index contributed by atoms with van der Waals surface area (Å²) in [6.45, 7) is 0.773. The molecule has 2 aliphatic rings. The molecule has 0 spiro atoms. The van der Waals surface area contributed by atoms with Gasteiger partial charge in [-0.3, -0.25) is 4.57 Å². The van der Waals surface area contributed by atoms with E-state index >= 15 is 4.39 Å². The van der Waals surface area contributed by atoms with Crippen molar-refractivity contribution < 1.29 is 19.3 Å². The van der Waals surface area contributed by atoms with Gasteiger partial charge < -0.3 is 19.8 Å². The minimum atomic E-state index is -2.10. The van der Waals surface area contributed by atoms with E-state index in [0.29, 0.717) is 27.8 Å². The molecule has 2 N–H and O–H groups in total. The molecule has 3 heterocycles. The van der Waals surface area contributed by atoms with Crippen LogP contribution in [0.1, 0.15) is 26.0 Å². The van der Waals surface area contributed by atoms with E-state index < -0.39 is 30.7 Å². The van der Waals surface area contributed by atoms with E-state index in [1.807, 2.05) is 11.9 Å². The first-order valence-electron chi connectivity index (χ1n) is 8.10. The van der Waals surface area contributed by atoms with Crippen molar-refractivity contribution in [2.24, 2.45) is 0 Å². The molecule has 0 radical (unpaired) electrons. The number of hydrogen-bond donors (Lipinski definition) is 2. The van der Waals surface area contributed by atoms with Crippen LogP contribution in [0.3, 0.4) is 0 Å². The molecule has 25 heavy (non-hydrogen) atoms. The Labute approximate surface area is 151 Å². The van der Waals surface area contributed by atoms with Crippen LogP contribution < -0.4 is 4.90 Å². The average molecular weight is 416 g/mol. The maximum absolute atomic E-state index is 15.1. The lowest BCUT2D eigenvalue weighted by molar-refractivity contribution is -0.0567. The van der Waals surface area contributed by atoms with Gasteiger partial charge in [-0.1, -0.05) is 0 Å². The molecular weight excluding hydrogens is 397 g/mol. The van der Waals surface area contributed by atoms with E-state index in [1.165, 1.54) is 17.8 Å². The number of aromatic nitrogens is 4. The second-order valence-corrected chi connectivity index (χ2v) is 7.50. The summed E-state index contributed by atoms with van der Waals surface area (Å²) in [6, 6.07) is 0.421. The van der Waals surface area contributed by atoms with Crippen molar-refractivity contribution in [1.82, 2.24) is 19.5 Å². The molecule has 10 heteroatoms. The zero-order valence-electron chi connectivity index (χ0n) is 13.8. The normalized spacial score (nSPS) is 32.5. The monoisotopic (exact) mass is 415 g/mol. The van der Waals surface area contributed by atoms with E-state index in [4.69, 9.17) is 4.74 Å². The Kier molecular flexibility index (Phi) is 3.98. The highest BCUT2D eigenvalue weighted by Gasteiger charge is 2.55. The summed E-state index contributed by atoms with van der Waals surface area (Å²) in [5.74, 6) is 0.663. The molecule has 2 aromatic heterocycles. The van der Waals surface area contributed by atoms with Gasteiger partial charge in [0.2, 0.25) is 4.73 Å². The zero-order chi connectivity index (χ0) is 17.9. The SMILES string of the molecule is CN(c1nc(Br)nc2c1ncn2[C@@H]1O[C@H](CO)[C@@H](O)[C@@]1(C)F)C1CC1. The Morgan fingerprint density at radius 2 is 2.20 bits per heavy atom. The van der Waals surface area contributed by atoms with Crippen molar-refractivity contribution in [3.05, 3.63) is 11.1 Å². The Hall–Kier alpha value is -1.36. The number of alkyl halides is 1. The minimum Gasteiger partial charge on any atom is -0.394 e. The smallest absolute Gasteiger partial charge is 0.200 e. The molecule has 1 saturated carbocycles. The number of halogens is 2. The number of rotatable bonds is 4. The molecule has 0 unspecified atom stereocenters. The van der Waals surface area contributed by atoms with Gasteiger partial charge in [0.15, 0.2) is 28.9 Å². The van der Waals surface area contributed by atoms with Crippen molar-refractivity contribution in [2.75, 3.05) is 18.6 Å². The molecule has 0 amide bonds. The Morgan fingerprint density at radius 3 is 2.80 bits per heavy atom. The number of hydrogen-bond acceptors (Lipinski definition) is 7. The first-order chi connectivity index (χ1) is 11.8. The Morgan fingerprint density at radius 1 is 1.48 bits per heavy atom. The maximum Gasteiger partial charge on any atom is 0.200 e. The summed E-state index contributed by atoms with van der Waals surface area (Å²) in [5.41, 5.74) is -1.15. The van der Waals surface area contributed by atoms with Crippen LogP contribution in [0.25, 0.3) is 11.2 Å². The molecule has 0 aromatic carbocycles. The molecule has 2 fully saturated rings. The lowest BCUT2D eigenvalue weighted by Gasteiger charge is -2.24. The van der Waals surface area contributed by atoms with Crippen molar-refractivity contribution >= 4 is 32.9 Å². The van der Waals surface area contributed by atoms with E-state index in [-0.39, 0.29) is 0 Å². The van der Waals surface area contributed by atoms with Crippen LogP contribution >= 0.6 is 15.9 Å². The third-order valence-corrected chi connectivity index (χ3v) is 5.31. The molecule has 0 bridgehead atoms. The van der Waals surface area contributed by atoms with Crippen LogP contribution in [0.15, 0.2) is 11.1 Å². The first kappa shape index (κ1) is 17.1. The number of imidazole rings is 1. The van der Waals surface area contributed by atoms with Crippen LogP contribution in [0, 0.1) is 0 Å². The number of aliphatic hydroxyl groups is 2. The predicted octanol–water partition coefficient (Wildman–Crippen LogP) is 1.17. The van der Waals surface area contributed by atoms with Crippen LogP contribution in [0.2, 0.25) is 0 Å². The summed E-state index contributed by atoms with van der Waals surface area (Å²) in [7, 11) is 1.95. The quantitative estimate of drug-likeness (QED) is 0.723. The van der Waals surface area contributed by atoms with Gasteiger partial charge in [-0.2, -0.15) is 0 Å². The zero-order valence-corrected chi connectivity index (χ0v) is 15.4. The summed E-state index contributed by atoms with van der Waals surface area (Å²) in [6.07, 6.45) is 0.0314. The molecule has 2 aromatic rings. The fourth-order valence-corrected chi connectivity index (χ4v) is 3.63. The highest BCUT2D eigenvalue weighted by Crippen LogP contribution is 2.43. The van der Waals surface area contributed by atoms with Crippen molar-refractivity contribution in [2.45, 2.75) is 49.9 Å². The highest BCUT2D eigenvalue weighted by molar-refractivity contribution is 9.10. The largest absolute Gasteiger partial charge is 0.394 e. The third kappa shape index (κ3) is 2.62. The van der Waals surface area contributed by atoms with Crippen molar-refractivity contribution in [1.29, 1.82) is 0 Å². The molecule has 136 valence electrons. The van der Waals surface area contributed by atoms with Gasteiger partial charge in [-0.05, 0) is 35.7 Å². The second-order valence-electron chi connectivity index (χ2n) is 6.79. The number of nitrogens with zero attached hydrogens (tertiary/aromatic N) is 5. The lowest BCUT2D eigenvalue weighted by atomic mass is 9.98. The molecule has 4 rings (SSSR count). The summed E-state index contributed by atoms with van der Waals surface area (Å²) in [4.78, 5) is 15.2. The summed E-state index contributed by atoms with van der Waals surface area (Å²) < 4.78 is 22.5. The second kappa shape index (κ2) is 5.83. The van der Waals surface area contributed by atoms with E-state index in [0.717, 1.165) is 12.8 Å². The third-order valence-electron chi connectivity index (χ3n) is 4.95. The molecule has 8 nitrogen and oxygen atoms in total. The molecule has 1 aliphatic carbocycles. The first-order valence-corrected chi connectivity index (χ1v) is 8.90. The van der Waals surface area contributed by atoms with Gasteiger partial charge in [0.05, 0.1) is 12.9 Å². The number of anilines is 1. The van der Waals surface area contributed by atoms with E-state index in [1.54, 1.807) is 0 Å². The van der Waals surface area contributed by atoms with E-state index in [2.05, 4.69) is 30.9 Å². The van der Waals surface area contributed by atoms with Crippen LogP contribution in [0.4, 0.5) is 10.2 Å². The van der Waals surface area contributed by atoms with Gasteiger partial charge >= 0.3 is 0 Å². The number of aliphatic hydroxyl groups excluding tert-OH is 2. The van der Waals surface area contributed by atoms with Gasteiger partial charge in [-0.25, -0.2) is 19.3 Å². The minimum absolute atomic E-state index is 0.363. The van der Waals surface area contributed by atoms with Crippen LogP contribution in [0.5, 0.6) is 0 Å². The number of ether oxygens (including phenoxy) is 1. The topological polar surface area (TPSA) is 96.5 Å². The predicted molar refractivity (Wildman–Crippen MR) is 91.0 cm³/mol. The summed E-state index contributed by atoms with van der Waals surface area (Å²) >= 11 is 3.30. The van der Waals surface area contributed by atoms with Crippen LogP contribution in [-0.4, -0.2) is 67.3 Å². The molecule has 4 atom stereocenters. The summed E-state index contributed by atoms with van der Waals surface area (Å²) in [5, 5.41) is 19.4. The lowest BCUT2D eigenvalue weighted by Crippen LogP contribution is -2.40. The molecule has 1 aliphatic heterocycles. The standard InChI is InChI=1S/C15H19BrFN5O3/c1-15(17)10(24)8(5-23)25-13(15)22-6-18-9-11(21(2)7-3-4-7)19-14(16)20-12(9)22/h6-8,10,13,23-24H,3-5H2,1-2H3/t8-,10-,13-,15-/m1/s1. The Bertz CT molecular complexity index is 812. The fourth-order valence-electron chi connectivity index (χ4n) is 3.29.